The third-order valence-corrected chi connectivity index (χ3v) is 4.91. The van der Waals surface area contributed by atoms with Gasteiger partial charge in [-0.3, -0.25) is 0 Å². The predicted molar refractivity (Wildman–Crippen MR) is 91.1 cm³/mol. The van der Waals surface area contributed by atoms with Crippen LogP contribution < -0.4 is 5.32 Å². The van der Waals surface area contributed by atoms with E-state index in [1.807, 2.05) is 17.0 Å². The van der Waals surface area contributed by atoms with E-state index in [1.165, 1.54) is 5.56 Å². The number of nitrogens with zero attached hydrogens (tertiary/aromatic N) is 1. The van der Waals surface area contributed by atoms with E-state index in [1.54, 1.807) is 0 Å². The van der Waals surface area contributed by atoms with Gasteiger partial charge in [0.25, 0.3) is 0 Å². The van der Waals surface area contributed by atoms with Crippen molar-refractivity contribution >= 4 is 11.7 Å². The van der Waals surface area contributed by atoms with Crippen LogP contribution in [0.15, 0.2) is 36.4 Å². The SMILES string of the molecule is CC(C)(C)c1ccc(NC(=O)N2CC3CC=CCC3C2)cc1. The van der Waals surface area contributed by atoms with Crippen LogP contribution in [0.25, 0.3) is 0 Å². The summed E-state index contributed by atoms with van der Waals surface area (Å²) in [6.45, 7) is 8.36. The number of hydrogen-bond acceptors (Lipinski definition) is 1. The van der Waals surface area contributed by atoms with Crippen LogP contribution in [0.1, 0.15) is 39.2 Å². The van der Waals surface area contributed by atoms with E-state index in [2.05, 4.69) is 50.4 Å². The van der Waals surface area contributed by atoms with Gasteiger partial charge < -0.3 is 10.2 Å². The Kier molecular flexibility index (Phi) is 3.98. The molecular weight excluding hydrogens is 272 g/mol. The Bertz CT molecular complexity index is 552. The average molecular weight is 298 g/mol. The lowest BCUT2D eigenvalue weighted by atomic mass is 9.86. The first-order chi connectivity index (χ1) is 10.4. The van der Waals surface area contributed by atoms with Gasteiger partial charge in [0, 0.05) is 18.8 Å². The maximum absolute atomic E-state index is 12.4. The number of allylic oxidation sites excluding steroid dienone is 2. The summed E-state index contributed by atoms with van der Waals surface area (Å²) in [5.41, 5.74) is 2.30. The molecule has 1 aliphatic heterocycles. The molecule has 1 aromatic carbocycles. The largest absolute Gasteiger partial charge is 0.324 e. The molecular formula is C19H26N2O. The van der Waals surface area contributed by atoms with E-state index in [0.717, 1.165) is 31.6 Å². The molecule has 0 spiro atoms. The van der Waals surface area contributed by atoms with Gasteiger partial charge in [-0.15, -0.1) is 0 Å². The third kappa shape index (κ3) is 3.18. The molecule has 0 bridgehead atoms. The zero-order valence-corrected chi connectivity index (χ0v) is 13.8. The number of benzene rings is 1. The van der Waals surface area contributed by atoms with E-state index >= 15 is 0 Å². The number of urea groups is 1. The monoisotopic (exact) mass is 298 g/mol. The Labute approximate surface area is 133 Å². The molecule has 1 heterocycles. The number of carbonyl (C=O) groups excluding carboxylic acids is 1. The lowest BCUT2D eigenvalue weighted by Gasteiger charge is -2.20. The van der Waals surface area contributed by atoms with Gasteiger partial charge >= 0.3 is 6.03 Å². The van der Waals surface area contributed by atoms with Gasteiger partial charge in [-0.1, -0.05) is 45.1 Å². The fourth-order valence-corrected chi connectivity index (χ4v) is 3.44. The minimum Gasteiger partial charge on any atom is -0.324 e. The zero-order valence-electron chi connectivity index (χ0n) is 13.8. The van der Waals surface area contributed by atoms with E-state index in [9.17, 15) is 4.79 Å². The normalized spacial score (nSPS) is 24.2. The number of rotatable bonds is 1. The Hall–Kier alpha value is -1.77. The van der Waals surface area contributed by atoms with Gasteiger partial charge in [0.15, 0.2) is 0 Å². The standard InChI is InChI=1S/C19H26N2O/c1-19(2,3)16-8-10-17(11-9-16)20-18(22)21-12-14-6-4-5-7-15(14)13-21/h4-5,8-11,14-15H,6-7,12-13H2,1-3H3,(H,20,22). The van der Waals surface area contributed by atoms with Gasteiger partial charge in [0.1, 0.15) is 0 Å². The number of nitrogens with one attached hydrogen (secondary N) is 1. The molecule has 2 aliphatic rings. The zero-order chi connectivity index (χ0) is 15.7. The van der Waals surface area contributed by atoms with Crippen molar-refractivity contribution < 1.29 is 4.79 Å². The summed E-state index contributed by atoms with van der Waals surface area (Å²) in [6.07, 6.45) is 6.76. The van der Waals surface area contributed by atoms with Crippen LogP contribution in [0.3, 0.4) is 0 Å². The minimum absolute atomic E-state index is 0.0397. The van der Waals surface area contributed by atoms with Crippen LogP contribution >= 0.6 is 0 Å². The molecule has 3 heteroatoms. The summed E-state index contributed by atoms with van der Waals surface area (Å²) < 4.78 is 0. The molecule has 2 amide bonds. The molecule has 0 aromatic heterocycles. The van der Waals surface area contributed by atoms with Gasteiger partial charge in [-0.2, -0.15) is 0 Å². The van der Waals surface area contributed by atoms with Crippen molar-refractivity contribution in [3.8, 4) is 0 Å². The Morgan fingerprint density at radius 1 is 1.05 bits per heavy atom. The molecule has 1 N–H and O–H groups in total. The van der Waals surface area contributed by atoms with Crippen LogP contribution in [-0.4, -0.2) is 24.0 Å². The van der Waals surface area contributed by atoms with E-state index in [4.69, 9.17) is 0 Å². The van der Waals surface area contributed by atoms with Crippen molar-refractivity contribution in [3.05, 3.63) is 42.0 Å². The molecule has 1 saturated heterocycles. The molecule has 0 saturated carbocycles. The van der Waals surface area contributed by atoms with Crippen molar-refractivity contribution in [3.63, 3.8) is 0 Å². The lowest BCUT2D eigenvalue weighted by Crippen LogP contribution is -2.33. The molecule has 2 atom stereocenters. The smallest absolute Gasteiger partial charge is 0.321 e. The highest BCUT2D eigenvalue weighted by Gasteiger charge is 2.35. The van der Waals surface area contributed by atoms with E-state index in [-0.39, 0.29) is 11.4 Å². The highest BCUT2D eigenvalue weighted by Crippen LogP contribution is 2.33. The number of hydrogen-bond donors (Lipinski definition) is 1. The number of carbonyl (C=O) groups is 1. The van der Waals surface area contributed by atoms with Crippen molar-refractivity contribution in [2.45, 2.75) is 39.0 Å². The second-order valence-electron chi connectivity index (χ2n) is 7.63. The van der Waals surface area contributed by atoms with Crippen molar-refractivity contribution in [2.75, 3.05) is 18.4 Å². The third-order valence-electron chi connectivity index (χ3n) is 4.91. The molecule has 22 heavy (non-hydrogen) atoms. The fourth-order valence-electron chi connectivity index (χ4n) is 3.44. The molecule has 118 valence electrons. The fraction of sp³-hybridized carbons (Fsp3) is 0.526. The van der Waals surface area contributed by atoms with E-state index < -0.39 is 0 Å². The average Bonchev–Trinajstić information content (AvgIpc) is 2.91. The molecule has 1 aromatic rings. The summed E-state index contributed by atoms with van der Waals surface area (Å²) in [4.78, 5) is 14.4. The summed E-state index contributed by atoms with van der Waals surface area (Å²) in [7, 11) is 0. The Morgan fingerprint density at radius 2 is 1.59 bits per heavy atom. The molecule has 0 radical (unpaired) electrons. The molecule has 3 rings (SSSR count). The maximum Gasteiger partial charge on any atom is 0.321 e. The van der Waals surface area contributed by atoms with Crippen LogP contribution in [0, 0.1) is 11.8 Å². The molecule has 1 fully saturated rings. The molecule has 3 nitrogen and oxygen atoms in total. The second kappa shape index (κ2) is 5.79. The first kappa shape index (κ1) is 15.1. The Morgan fingerprint density at radius 3 is 2.09 bits per heavy atom. The van der Waals surface area contributed by atoms with Gasteiger partial charge in [-0.05, 0) is 47.8 Å². The van der Waals surface area contributed by atoms with E-state index in [0.29, 0.717) is 11.8 Å². The summed E-state index contributed by atoms with van der Waals surface area (Å²) in [6, 6.07) is 8.25. The van der Waals surface area contributed by atoms with Crippen molar-refractivity contribution in [1.29, 1.82) is 0 Å². The highest BCUT2D eigenvalue weighted by molar-refractivity contribution is 5.89. The van der Waals surface area contributed by atoms with Crippen molar-refractivity contribution in [2.24, 2.45) is 11.8 Å². The highest BCUT2D eigenvalue weighted by atomic mass is 16.2. The summed E-state index contributed by atoms with van der Waals surface area (Å²) in [5, 5.41) is 3.04. The minimum atomic E-state index is 0.0397. The van der Waals surface area contributed by atoms with Gasteiger partial charge in [0.05, 0.1) is 0 Å². The number of anilines is 1. The first-order valence-corrected chi connectivity index (χ1v) is 8.25. The van der Waals surface area contributed by atoms with Crippen LogP contribution in [0.5, 0.6) is 0 Å². The number of likely N-dealkylation sites (tertiary alicyclic amines) is 1. The summed E-state index contributed by atoms with van der Waals surface area (Å²) in [5.74, 6) is 1.30. The van der Waals surface area contributed by atoms with Gasteiger partial charge in [0.2, 0.25) is 0 Å². The molecule has 2 unspecified atom stereocenters. The predicted octanol–water partition coefficient (Wildman–Crippen LogP) is 4.41. The first-order valence-electron chi connectivity index (χ1n) is 8.25. The topological polar surface area (TPSA) is 32.3 Å². The number of fused-ring (bicyclic) bond motifs is 1. The van der Waals surface area contributed by atoms with Crippen molar-refractivity contribution in [1.82, 2.24) is 4.90 Å². The Balaban J connectivity index is 1.60. The van der Waals surface area contributed by atoms with Crippen LogP contribution in [0.2, 0.25) is 0 Å². The second-order valence-corrected chi connectivity index (χ2v) is 7.63. The maximum atomic E-state index is 12.4. The molecule has 1 aliphatic carbocycles. The van der Waals surface area contributed by atoms with Gasteiger partial charge in [-0.25, -0.2) is 4.79 Å². The summed E-state index contributed by atoms with van der Waals surface area (Å²) >= 11 is 0. The van der Waals surface area contributed by atoms with Crippen LogP contribution in [-0.2, 0) is 5.41 Å². The quantitative estimate of drug-likeness (QED) is 0.765. The number of amides is 2. The van der Waals surface area contributed by atoms with Crippen LogP contribution in [0.4, 0.5) is 10.5 Å². The lowest BCUT2D eigenvalue weighted by molar-refractivity contribution is 0.220.